The van der Waals surface area contributed by atoms with Gasteiger partial charge >= 0.3 is 12.1 Å². The fraction of sp³-hybridized carbons (Fsp3) is 0.500. The molecule has 0 aromatic carbocycles. The second-order valence-corrected chi connectivity index (χ2v) is 4.02. The predicted molar refractivity (Wildman–Crippen MR) is 62.4 cm³/mol. The summed E-state index contributed by atoms with van der Waals surface area (Å²) in [5, 5.41) is 0. The van der Waals surface area contributed by atoms with Crippen molar-refractivity contribution in [2.45, 2.75) is 32.5 Å². The molecule has 1 aromatic heterocycles. The average Bonchev–Trinajstić information content (AvgIpc) is 2.36. The van der Waals surface area contributed by atoms with E-state index in [0.717, 1.165) is 6.07 Å². The van der Waals surface area contributed by atoms with Crippen molar-refractivity contribution in [2.75, 3.05) is 6.61 Å². The molecule has 21 heavy (non-hydrogen) atoms. The molecule has 118 valence electrons. The van der Waals surface area contributed by atoms with E-state index in [-0.39, 0.29) is 12.2 Å². The minimum absolute atomic E-state index is 0.0284. The Hall–Kier alpha value is -1.77. The molecule has 0 unspecified atom stereocenters. The number of alkyl halides is 5. The molecule has 9 heteroatoms. The van der Waals surface area contributed by atoms with Gasteiger partial charge in [-0.3, -0.25) is 4.79 Å². The van der Waals surface area contributed by atoms with Crippen LogP contribution >= 0.6 is 0 Å². The third kappa shape index (κ3) is 4.35. The molecule has 0 bridgehead atoms. The molecule has 0 saturated heterocycles. The molecule has 0 aliphatic heterocycles. The molecule has 0 fully saturated rings. The highest BCUT2D eigenvalue weighted by atomic mass is 19.4. The van der Waals surface area contributed by atoms with E-state index in [4.69, 9.17) is 5.73 Å². The molecule has 2 N–H and O–H groups in total. The summed E-state index contributed by atoms with van der Waals surface area (Å²) in [7, 11) is 0. The van der Waals surface area contributed by atoms with E-state index in [9.17, 15) is 26.7 Å². The van der Waals surface area contributed by atoms with Crippen molar-refractivity contribution in [1.82, 2.24) is 4.98 Å². The summed E-state index contributed by atoms with van der Waals surface area (Å²) in [5.41, 5.74) is 1.86. The van der Waals surface area contributed by atoms with Crippen LogP contribution in [-0.2, 0) is 28.7 Å². The Morgan fingerprint density at radius 3 is 2.43 bits per heavy atom. The van der Waals surface area contributed by atoms with E-state index < -0.39 is 48.5 Å². The molecule has 1 heterocycles. The highest BCUT2D eigenvalue weighted by molar-refractivity contribution is 5.73. The first-order valence-corrected chi connectivity index (χ1v) is 5.94. The van der Waals surface area contributed by atoms with Gasteiger partial charge in [0, 0.05) is 6.54 Å². The van der Waals surface area contributed by atoms with Crippen LogP contribution in [0.1, 0.15) is 35.9 Å². The SMILES string of the molecule is CCOC(=O)Cc1cc(CN)c(C(F)(F)F)nc1C(F)F. The van der Waals surface area contributed by atoms with E-state index in [1.807, 2.05) is 0 Å². The Balaban J connectivity index is 3.33. The van der Waals surface area contributed by atoms with Gasteiger partial charge < -0.3 is 10.5 Å². The van der Waals surface area contributed by atoms with E-state index in [2.05, 4.69) is 9.72 Å². The monoisotopic (exact) mass is 312 g/mol. The molecule has 0 radical (unpaired) electrons. The van der Waals surface area contributed by atoms with Crippen molar-refractivity contribution in [2.24, 2.45) is 5.73 Å². The number of carbonyl (C=O) groups is 1. The highest BCUT2D eigenvalue weighted by Crippen LogP contribution is 2.33. The minimum atomic E-state index is -4.90. The van der Waals surface area contributed by atoms with E-state index in [1.54, 1.807) is 0 Å². The lowest BCUT2D eigenvalue weighted by Gasteiger charge is -2.15. The summed E-state index contributed by atoms with van der Waals surface area (Å²) < 4.78 is 68.5. The second-order valence-electron chi connectivity index (χ2n) is 4.02. The lowest BCUT2D eigenvalue weighted by atomic mass is 10.0. The van der Waals surface area contributed by atoms with Crippen molar-refractivity contribution >= 4 is 5.97 Å². The van der Waals surface area contributed by atoms with E-state index in [1.165, 1.54) is 6.92 Å². The van der Waals surface area contributed by atoms with Gasteiger partial charge in [-0.2, -0.15) is 13.2 Å². The number of esters is 1. The van der Waals surface area contributed by atoms with Gasteiger partial charge in [0.15, 0.2) is 0 Å². The maximum Gasteiger partial charge on any atom is 0.433 e. The third-order valence-electron chi connectivity index (χ3n) is 2.55. The first-order chi connectivity index (χ1) is 9.70. The van der Waals surface area contributed by atoms with Gasteiger partial charge in [-0.15, -0.1) is 0 Å². The number of hydrogen-bond donors (Lipinski definition) is 1. The van der Waals surface area contributed by atoms with Crippen LogP contribution in [0.5, 0.6) is 0 Å². The van der Waals surface area contributed by atoms with Crippen molar-refractivity contribution < 1.29 is 31.5 Å². The number of rotatable bonds is 5. The highest BCUT2D eigenvalue weighted by Gasteiger charge is 2.37. The summed E-state index contributed by atoms with van der Waals surface area (Å²) in [5.74, 6) is -0.830. The Labute approximate surface area is 117 Å². The predicted octanol–water partition coefficient (Wildman–Crippen LogP) is 2.60. The molecule has 0 aliphatic rings. The van der Waals surface area contributed by atoms with Crippen LogP contribution in [0.3, 0.4) is 0 Å². The molecule has 4 nitrogen and oxygen atoms in total. The lowest BCUT2D eigenvalue weighted by molar-refractivity contribution is -0.142. The number of nitrogens with two attached hydrogens (primary N) is 1. The zero-order chi connectivity index (χ0) is 16.2. The van der Waals surface area contributed by atoms with Crippen LogP contribution in [0, 0.1) is 0 Å². The van der Waals surface area contributed by atoms with Crippen LogP contribution in [0.15, 0.2) is 6.07 Å². The molecular formula is C12H13F5N2O2. The Morgan fingerprint density at radius 1 is 1.38 bits per heavy atom. The maximum absolute atomic E-state index is 12.9. The molecule has 0 amide bonds. The number of pyridine rings is 1. The summed E-state index contributed by atoms with van der Waals surface area (Å²) in [4.78, 5) is 14.3. The third-order valence-corrected chi connectivity index (χ3v) is 2.55. The molecule has 1 rings (SSSR count). The summed E-state index contributed by atoms with van der Waals surface area (Å²) >= 11 is 0. The summed E-state index contributed by atoms with van der Waals surface area (Å²) in [6, 6.07) is 0.828. The number of carbonyl (C=O) groups excluding carboxylic acids is 1. The van der Waals surface area contributed by atoms with Crippen LogP contribution in [-0.4, -0.2) is 17.6 Å². The van der Waals surface area contributed by atoms with Gasteiger partial charge in [-0.25, -0.2) is 13.8 Å². The van der Waals surface area contributed by atoms with Crippen LogP contribution < -0.4 is 5.73 Å². The zero-order valence-electron chi connectivity index (χ0n) is 11.0. The van der Waals surface area contributed by atoms with Crippen LogP contribution in [0.4, 0.5) is 22.0 Å². The lowest BCUT2D eigenvalue weighted by Crippen LogP contribution is -2.19. The molecule has 0 saturated carbocycles. The maximum atomic E-state index is 12.9. The number of halogens is 5. The normalized spacial score (nSPS) is 11.8. The smallest absolute Gasteiger partial charge is 0.433 e. The van der Waals surface area contributed by atoms with Gasteiger partial charge in [0.05, 0.1) is 13.0 Å². The number of nitrogens with zero attached hydrogens (tertiary/aromatic N) is 1. The van der Waals surface area contributed by atoms with Crippen LogP contribution in [0.2, 0.25) is 0 Å². The molecule has 0 atom stereocenters. The first-order valence-electron chi connectivity index (χ1n) is 5.94. The molecular weight excluding hydrogens is 299 g/mol. The number of hydrogen-bond acceptors (Lipinski definition) is 4. The van der Waals surface area contributed by atoms with Crippen molar-refractivity contribution in [1.29, 1.82) is 0 Å². The molecule has 0 aliphatic carbocycles. The van der Waals surface area contributed by atoms with Gasteiger partial charge in [0.2, 0.25) is 0 Å². The Kier molecular flexibility index (Phi) is 5.59. The fourth-order valence-electron chi connectivity index (χ4n) is 1.72. The summed E-state index contributed by atoms with van der Waals surface area (Å²) in [6.45, 7) is 1.00. The van der Waals surface area contributed by atoms with Gasteiger partial charge in [0.25, 0.3) is 6.43 Å². The van der Waals surface area contributed by atoms with Crippen molar-refractivity contribution in [3.63, 3.8) is 0 Å². The fourth-order valence-corrected chi connectivity index (χ4v) is 1.72. The van der Waals surface area contributed by atoms with E-state index in [0.29, 0.717) is 0 Å². The quantitative estimate of drug-likeness (QED) is 0.670. The first kappa shape index (κ1) is 17.3. The average molecular weight is 312 g/mol. The standard InChI is InChI=1S/C12H13F5N2O2/c1-2-21-8(20)4-6-3-7(5-18)10(12(15,16)17)19-9(6)11(13)14/h3,11H,2,4-5,18H2,1H3. The second kappa shape index (κ2) is 6.79. The van der Waals surface area contributed by atoms with Crippen molar-refractivity contribution in [3.05, 3.63) is 28.6 Å². The number of aromatic nitrogens is 1. The van der Waals surface area contributed by atoms with Crippen molar-refractivity contribution in [3.8, 4) is 0 Å². The summed E-state index contributed by atoms with van der Waals surface area (Å²) in [6.07, 6.45) is -8.74. The molecule has 1 aromatic rings. The van der Waals surface area contributed by atoms with Gasteiger partial charge in [-0.05, 0) is 24.1 Å². The van der Waals surface area contributed by atoms with Gasteiger partial charge in [0.1, 0.15) is 11.4 Å². The topological polar surface area (TPSA) is 65.2 Å². The zero-order valence-corrected chi connectivity index (χ0v) is 11.0. The minimum Gasteiger partial charge on any atom is -0.466 e. The molecule has 0 spiro atoms. The Bertz CT molecular complexity index is 517. The van der Waals surface area contributed by atoms with Gasteiger partial charge in [-0.1, -0.05) is 0 Å². The largest absolute Gasteiger partial charge is 0.466 e. The number of ether oxygens (including phenoxy) is 1. The van der Waals surface area contributed by atoms with E-state index >= 15 is 0 Å². The van der Waals surface area contributed by atoms with Crippen LogP contribution in [0.25, 0.3) is 0 Å². The Morgan fingerprint density at radius 2 is 2.00 bits per heavy atom.